The van der Waals surface area contributed by atoms with E-state index in [-0.39, 0.29) is 48.3 Å². The Morgan fingerprint density at radius 2 is 1.76 bits per heavy atom. The number of nitrogens with zero attached hydrogens (tertiary/aromatic N) is 1. The number of aliphatic imine (C=N–C) groups is 1. The zero-order chi connectivity index (χ0) is 20.2. The second-order valence-electron chi connectivity index (χ2n) is 6.20. The summed E-state index contributed by atoms with van der Waals surface area (Å²) < 4.78 is 19.2. The van der Waals surface area contributed by atoms with Crippen molar-refractivity contribution in [1.29, 1.82) is 0 Å². The molecule has 1 unspecified atom stereocenters. The number of amides is 1. The van der Waals surface area contributed by atoms with E-state index in [4.69, 9.17) is 4.74 Å². The van der Waals surface area contributed by atoms with Gasteiger partial charge < -0.3 is 20.7 Å². The largest absolute Gasteiger partial charge is 0.486 e. The fourth-order valence-corrected chi connectivity index (χ4v) is 2.38. The maximum absolute atomic E-state index is 13.6. The van der Waals surface area contributed by atoms with Crippen LogP contribution in [0, 0.1) is 5.82 Å². The number of carbonyl (C=O) groups is 1. The second kappa shape index (κ2) is 13.8. The van der Waals surface area contributed by atoms with Crippen LogP contribution in [0.15, 0.2) is 59.6 Å². The number of benzene rings is 2. The van der Waals surface area contributed by atoms with E-state index in [0.717, 1.165) is 5.56 Å². The third-order valence-corrected chi connectivity index (χ3v) is 3.78. The van der Waals surface area contributed by atoms with Crippen LogP contribution in [0.5, 0.6) is 5.75 Å². The molecule has 3 N–H and O–H groups in total. The molecule has 6 nitrogen and oxygen atoms in total. The molecular formula is C21H28FIN4O2. The Morgan fingerprint density at radius 3 is 2.45 bits per heavy atom. The van der Waals surface area contributed by atoms with Crippen LogP contribution in [-0.4, -0.2) is 37.6 Å². The number of nitrogens with one attached hydrogen (secondary N) is 3. The van der Waals surface area contributed by atoms with E-state index in [0.29, 0.717) is 25.6 Å². The first kappa shape index (κ1) is 24.7. The lowest BCUT2D eigenvalue weighted by Gasteiger charge is -2.18. The Bertz CT molecular complexity index is 774. The molecule has 8 heteroatoms. The second-order valence-corrected chi connectivity index (χ2v) is 6.20. The number of carbonyl (C=O) groups excluding carboxylic acids is 1. The lowest BCUT2D eigenvalue weighted by Crippen LogP contribution is -2.42. The molecule has 0 saturated carbocycles. The summed E-state index contributed by atoms with van der Waals surface area (Å²) in [7, 11) is 0. The zero-order valence-electron chi connectivity index (χ0n) is 16.7. The number of para-hydroxylation sites is 1. The molecule has 0 bridgehead atoms. The first-order chi connectivity index (χ1) is 13.6. The molecule has 2 aromatic rings. The molecule has 2 rings (SSSR count). The van der Waals surface area contributed by atoms with Gasteiger partial charge in [-0.25, -0.2) is 9.38 Å². The van der Waals surface area contributed by atoms with Crippen molar-refractivity contribution in [2.75, 3.05) is 19.6 Å². The summed E-state index contributed by atoms with van der Waals surface area (Å²) in [5.41, 5.74) is 1.03. The standard InChI is InChI=1S/C21H27FN4O2.HI/c1-3-23-21(25-13-16(2)28-19-12-8-7-11-18(19)22)26-15-20(27)24-14-17-9-5-4-6-10-17;/h4-12,16H,3,13-15H2,1-2H3,(H,24,27)(H2,23,25,26);1H. The SMILES string of the molecule is CCNC(=NCC(=O)NCc1ccccc1)NCC(C)Oc1ccccc1F.I. The maximum atomic E-state index is 13.6. The van der Waals surface area contributed by atoms with Gasteiger partial charge in [0.15, 0.2) is 17.5 Å². The molecule has 0 fully saturated rings. The highest BCUT2D eigenvalue weighted by molar-refractivity contribution is 14.0. The normalized spacial score (nSPS) is 11.8. The van der Waals surface area contributed by atoms with Gasteiger partial charge in [0.05, 0.1) is 6.54 Å². The summed E-state index contributed by atoms with van der Waals surface area (Å²) in [6, 6.07) is 16.0. The average molecular weight is 514 g/mol. The molecule has 0 heterocycles. The predicted octanol–water partition coefficient (Wildman–Crippen LogP) is 3.08. The number of hydrogen-bond acceptors (Lipinski definition) is 3. The zero-order valence-corrected chi connectivity index (χ0v) is 19.0. The van der Waals surface area contributed by atoms with Gasteiger partial charge in [-0.05, 0) is 31.5 Å². The highest BCUT2D eigenvalue weighted by Gasteiger charge is 2.09. The first-order valence-electron chi connectivity index (χ1n) is 9.32. The van der Waals surface area contributed by atoms with Crippen LogP contribution < -0.4 is 20.7 Å². The molecular weight excluding hydrogens is 486 g/mol. The van der Waals surface area contributed by atoms with Crippen molar-refractivity contribution >= 4 is 35.8 Å². The van der Waals surface area contributed by atoms with Gasteiger partial charge in [0.1, 0.15) is 12.6 Å². The number of rotatable bonds is 9. The van der Waals surface area contributed by atoms with E-state index in [9.17, 15) is 9.18 Å². The quantitative estimate of drug-likeness (QED) is 0.273. The average Bonchev–Trinajstić information content (AvgIpc) is 2.71. The van der Waals surface area contributed by atoms with Crippen molar-refractivity contribution in [3.05, 3.63) is 66.0 Å². The molecule has 0 aliphatic heterocycles. The number of ether oxygens (including phenoxy) is 1. The summed E-state index contributed by atoms with van der Waals surface area (Å²) in [5, 5.41) is 9.00. The molecule has 158 valence electrons. The summed E-state index contributed by atoms with van der Waals surface area (Å²) in [4.78, 5) is 16.3. The molecule has 0 saturated heterocycles. The van der Waals surface area contributed by atoms with Gasteiger partial charge in [-0.15, -0.1) is 24.0 Å². The number of halogens is 2. The molecule has 0 radical (unpaired) electrons. The summed E-state index contributed by atoms with van der Waals surface area (Å²) >= 11 is 0. The van der Waals surface area contributed by atoms with Crippen molar-refractivity contribution in [3.8, 4) is 5.75 Å². The van der Waals surface area contributed by atoms with E-state index in [2.05, 4.69) is 20.9 Å². The van der Waals surface area contributed by atoms with E-state index >= 15 is 0 Å². The third kappa shape index (κ3) is 9.60. The molecule has 0 aliphatic carbocycles. The van der Waals surface area contributed by atoms with E-state index < -0.39 is 5.82 Å². The predicted molar refractivity (Wildman–Crippen MR) is 124 cm³/mol. The van der Waals surface area contributed by atoms with E-state index in [1.54, 1.807) is 18.2 Å². The van der Waals surface area contributed by atoms with Gasteiger partial charge in [0, 0.05) is 13.1 Å². The van der Waals surface area contributed by atoms with Crippen molar-refractivity contribution in [1.82, 2.24) is 16.0 Å². The summed E-state index contributed by atoms with van der Waals surface area (Å²) in [6.45, 7) is 5.30. The first-order valence-corrected chi connectivity index (χ1v) is 9.32. The van der Waals surface area contributed by atoms with E-state index in [1.807, 2.05) is 44.2 Å². The van der Waals surface area contributed by atoms with Crippen LogP contribution >= 0.6 is 24.0 Å². The summed E-state index contributed by atoms with van der Waals surface area (Å²) in [6.07, 6.45) is -0.285. The van der Waals surface area contributed by atoms with Crippen molar-refractivity contribution < 1.29 is 13.9 Å². The molecule has 0 spiro atoms. The van der Waals surface area contributed by atoms with Gasteiger partial charge >= 0.3 is 0 Å². The van der Waals surface area contributed by atoms with Crippen molar-refractivity contribution in [3.63, 3.8) is 0 Å². The Labute approximate surface area is 188 Å². The molecule has 1 amide bonds. The smallest absolute Gasteiger partial charge is 0.242 e. The molecule has 0 aliphatic rings. The number of hydrogen-bond donors (Lipinski definition) is 3. The fourth-order valence-electron chi connectivity index (χ4n) is 2.38. The minimum absolute atomic E-state index is 0. The molecule has 0 aromatic heterocycles. The van der Waals surface area contributed by atoms with Crippen LogP contribution in [0.3, 0.4) is 0 Å². The van der Waals surface area contributed by atoms with E-state index in [1.165, 1.54) is 6.07 Å². The molecule has 29 heavy (non-hydrogen) atoms. The van der Waals surface area contributed by atoms with Crippen LogP contribution in [-0.2, 0) is 11.3 Å². The lowest BCUT2D eigenvalue weighted by molar-refractivity contribution is -0.119. The van der Waals surface area contributed by atoms with Crippen molar-refractivity contribution in [2.45, 2.75) is 26.5 Å². The van der Waals surface area contributed by atoms with Crippen molar-refractivity contribution in [2.24, 2.45) is 4.99 Å². The highest BCUT2D eigenvalue weighted by Crippen LogP contribution is 2.16. The lowest BCUT2D eigenvalue weighted by atomic mass is 10.2. The van der Waals surface area contributed by atoms with Gasteiger partial charge in [0.25, 0.3) is 0 Å². The highest BCUT2D eigenvalue weighted by atomic mass is 127. The molecule has 1 atom stereocenters. The third-order valence-electron chi connectivity index (χ3n) is 3.78. The van der Waals surface area contributed by atoms with Crippen LogP contribution in [0.1, 0.15) is 19.4 Å². The van der Waals surface area contributed by atoms with Gasteiger partial charge in [0.2, 0.25) is 5.91 Å². The Balaban J connectivity index is 0.00000420. The number of guanidine groups is 1. The van der Waals surface area contributed by atoms with Crippen LogP contribution in [0.2, 0.25) is 0 Å². The fraction of sp³-hybridized carbons (Fsp3) is 0.333. The Kier molecular flexibility index (Phi) is 11.7. The minimum atomic E-state index is -0.398. The Hall–Kier alpha value is -2.36. The van der Waals surface area contributed by atoms with Gasteiger partial charge in [-0.1, -0.05) is 42.5 Å². The van der Waals surface area contributed by atoms with Gasteiger partial charge in [-0.2, -0.15) is 0 Å². The summed E-state index contributed by atoms with van der Waals surface area (Å²) in [5.74, 6) is 0.141. The van der Waals surface area contributed by atoms with Crippen LogP contribution in [0.25, 0.3) is 0 Å². The maximum Gasteiger partial charge on any atom is 0.242 e. The monoisotopic (exact) mass is 514 g/mol. The minimum Gasteiger partial charge on any atom is -0.486 e. The topological polar surface area (TPSA) is 74.8 Å². The van der Waals surface area contributed by atoms with Gasteiger partial charge in [-0.3, -0.25) is 4.79 Å². The van der Waals surface area contributed by atoms with Crippen LogP contribution in [0.4, 0.5) is 4.39 Å². The Morgan fingerprint density at radius 1 is 1.07 bits per heavy atom. The molecule has 2 aromatic carbocycles.